The summed E-state index contributed by atoms with van der Waals surface area (Å²) in [6.07, 6.45) is 7.71. The molecule has 164 valence electrons. The van der Waals surface area contributed by atoms with Gasteiger partial charge in [-0.3, -0.25) is 4.90 Å². The molecule has 1 fully saturated rings. The Morgan fingerprint density at radius 1 is 1.09 bits per heavy atom. The first-order valence-corrected chi connectivity index (χ1v) is 10.8. The molecule has 0 amide bonds. The van der Waals surface area contributed by atoms with Crippen molar-refractivity contribution in [1.82, 2.24) is 19.9 Å². The molecular formula is C25H28N6O. The van der Waals surface area contributed by atoms with Gasteiger partial charge < -0.3 is 15.0 Å². The predicted molar refractivity (Wildman–Crippen MR) is 128 cm³/mol. The molecule has 1 saturated heterocycles. The van der Waals surface area contributed by atoms with Gasteiger partial charge in [-0.25, -0.2) is 9.97 Å². The molecule has 0 radical (unpaired) electrons. The van der Waals surface area contributed by atoms with Gasteiger partial charge in [-0.1, -0.05) is 12.1 Å². The zero-order chi connectivity index (χ0) is 22.3. The van der Waals surface area contributed by atoms with Crippen LogP contribution in [0.25, 0.3) is 11.4 Å². The molecule has 7 nitrogen and oxygen atoms in total. The molecule has 0 aliphatic carbocycles. The van der Waals surface area contributed by atoms with Crippen molar-refractivity contribution in [3.05, 3.63) is 54.4 Å². The maximum atomic E-state index is 5.70. The summed E-state index contributed by atoms with van der Waals surface area (Å²) < 4.78 is 5.70. The van der Waals surface area contributed by atoms with Crippen molar-refractivity contribution < 1.29 is 4.74 Å². The number of nitrogens with zero attached hydrogens (tertiary/aromatic N) is 5. The average Bonchev–Trinajstić information content (AvgIpc) is 2.83. The number of hydrogen-bond donors (Lipinski definition) is 1. The summed E-state index contributed by atoms with van der Waals surface area (Å²) in [7, 11) is 1.67. The molecule has 0 atom stereocenters. The number of anilines is 3. The van der Waals surface area contributed by atoms with Crippen LogP contribution in [0.4, 0.5) is 17.3 Å². The summed E-state index contributed by atoms with van der Waals surface area (Å²) >= 11 is 0. The Labute approximate surface area is 189 Å². The SMILES string of the molecule is C#CCCN1CCN(c2ccc(-c3ncnc(Nc4cccc(C)c4)n3)c(OC)c2)CC1. The van der Waals surface area contributed by atoms with Crippen molar-refractivity contribution in [3.8, 4) is 29.5 Å². The highest BCUT2D eigenvalue weighted by atomic mass is 16.5. The van der Waals surface area contributed by atoms with Gasteiger partial charge in [0.2, 0.25) is 5.95 Å². The van der Waals surface area contributed by atoms with Crippen LogP contribution in [0.1, 0.15) is 12.0 Å². The third-order valence-electron chi connectivity index (χ3n) is 5.58. The molecule has 0 spiro atoms. The number of aryl methyl sites for hydroxylation is 1. The maximum absolute atomic E-state index is 5.70. The molecule has 2 heterocycles. The largest absolute Gasteiger partial charge is 0.496 e. The number of hydrogen-bond acceptors (Lipinski definition) is 7. The lowest BCUT2D eigenvalue weighted by molar-refractivity contribution is 0.264. The van der Waals surface area contributed by atoms with Crippen LogP contribution in [0.3, 0.4) is 0 Å². The van der Waals surface area contributed by atoms with Crippen LogP contribution in [0.2, 0.25) is 0 Å². The summed E-state index contributed by atoms with van der Waals surface area (Å²) in [5, 5.41) is 3.25. The Morgan fingerprint density at radius 2 is 1.94 bits per heavy atom. The zero-order valence-corrected chi connectivity index (χ0v) is 18.6. The highest BCUT2D eigenvalue weighted by Crippen LogP contribution is 2.32. The molecular weight excluding hydrogens is 400 g/mol. The van der Waals surface area contributed by atoms with E-state index in [1.165, 1.54) is 11.9 Å². The van der Waals surface area contributed by atoms with E-state index in [9.17, 15) is 0 Å². The Hall–Kier alpha value is -3.63. The van der Waals surface area contributed by atoms with E-state index in [-0.39, 0.29) is 0 Å². The van der Waals surface area contributed by atoms with Crippen LogP contribution in [0.5, 0.6) is 5.75 Å². The molecule has 1 N–H and O–H groups in total. The van der Waals surface area contributed by atoms with Crippen molar-refractivity contribution in [2.24, 2.45) is 0 Å². The number of methoxy groups -OCH3 is 1. The number of nitrogens with one attached hydrogen (secondary N) is 1. The summed E-state index contributed by atoms with van der Waals surface area (Å²) in [6.45, 7) is 6.95. The van der Waals surface area contributed by atoms with Crippen LogP contribution in [-0.4, -0.2) is 59.7 Å². The number of piperazine rings is 1. The monoisotopic (exact) mass is 428 g/mol. The fourth-order valence-corrected chi connectivity index (χ4v) is 3.85. The first-order chi connectivity index (χ1) is 15.7. The van der Waals surface area contributed by atoms with Gasteiger partial charge >= 0.3 is 0 Å². The molecule has 1 aromatic heterocycles. The first-order valence-electron chi connectivity index (χ1n) is 10.8. The van der Waals surface area contributed by atoms with Gasteiger partial charge in [-0.15, -0.1) is 12.3 Å². The summed E-state index contributed by atoms with van der Waals surface area (Å²) in [6, 6.07) is 14.3. The second-order valence-corrected chi connectivity index (χ2v) is 7.79. The summed E-state index contributed by atoms with van der Waals surface area (Å²) in [5.41, 5.74) is 4.07. The third kappa shape index (κ3) is 5.16. The Kier molecular flexibility index (Phi) is 6.83. The molecule has 0 unspecified atom stereocenters. The Balaban J connectivity index is 1.50. The van der Waals surface area contributed by atoms with Crippen LogP contribution in [0.15, 0.2) is 48.8 Å². The fraction of sp³-hybridized carbons (Fsp3) is 0.320. The van der Waals surface area contributed by atoms with Gasteiger partial charge in [0.25, 0.3) is 0 Å². The quantitative estimate of drug-likeness (QED) is 0.575. The maximum Gasteiger partial charge on any atom is 0.230 e. The number of benzene rings is 2. The lowest BCUT2D eigenvalue weighted by atomic mass is 10.1. The van der Waals surface area contributed by atoms with Gasteiger partial charge in [0.1, 0.15) is 12.1 Å². The van der Waals surface area contributed by atoms with E-state index in [0.29, 0.717) is 11.8 Å². The molecule has 3 aromatic rings. The number of ether oxygens (including phenoxy) is 1. The Bertz CT molecular complexity index is 1100. The molecule has 1 aliphatic heterocycles. The van der Waals surface area contributed by atoms with Gasteiger partial charge in [-0.05, 0) is 36.8 Å². The van der Waals surface area contributed by atoms with Crippen LogP contribution in [-0.2, 0) is 0 Å². The highest BCUT2D eigenvalue weighted by molar-refractivity contribution is 5.70. The molecule has 0 saturated carbocycles. The van der Waals surface area contributed by atoms with Crippen LogP contribution < -0.4 is 15.0 Å². The molecule has 2 aromatic carbocycles. The van der Waals surface area contributed by atoms with E-state index < -0.39 is 0 Å². The van der Waals surface area contributed by atoms with Crippen molar-refractivity contribution in [1.29, 1.82) is 0 Å². The van der Waals surface area contributed by atoms with E-state index in [1.54, 1.807) is 7.11 Å². The van der Waals surface area contributed by atoms with Crippen molar-refractivity contribution >= 4 is 17.3 Å². The predicted octanol–water partition coefficient (Wildman–Crippen LogP) is 3.74. The molecule has 4 rings (SSSR count). The van der Waals surface area contributed by atoms with E-state index >= 15 is 0 Å². The van der Waals surface area contributed by atoms with E-state index in [0.717, 1.165) is 61.8 Å². The van der Waals surface area contributed by atoms with Crippen LogP contribution >= 0.6 is 0 Å². The van der Waals surface area contributed by atoms with E-state index in [1.807, 2.05) is 37.3 Å². The fourth-order valence-electron chi connectivity index (χ4n) is 3.85. The lowest BCUT2D eigenvalue weighted by Crippen LogP contribution is -2.46. The van der Waals surface area contributed by atoms with Gasteiger partial charge in [0.05, 0.1) is 12.7 Å². The van der Waals surface area contributed by atoms with E-state index in [4.69, 9.17) is 11.2 Å². The minimum atomic E-state index is 0.495. The average molecular weight is 429 g/mol. The molecule has 7 heteroatoms. The van der Waals surface area contributed by atoms with Crippen LogP contribution in [0, 0.1) is 19.3 Å². The summed E-state index contributed by atoms with van der Waals surface area (Å²) in [4.78, 5) is 18.0. The van der Waals surface area contributed by atoms with Gasteiger partial charge in [0, 0.05) is 56.6 Å². The van der Waals surface area contributed by atoms with Gasteiger partial charge in [0.15, 0.2) is 5.82 Å². The topological polar surface area (TPSA) is 66.4 Å². The summed E-state index contributed by atoms with van der Waals surface area (Å²) in [5.74, 6) is 4.53. The number of aromatic nitrogens is 3. The molecule has 1 aliphatic rings. The van der Waals surface area contributed by atoms with Crippen molar-refractivity contribution in [3.63, 3.8) is 0 Å². The van der Waals surface area contributed by atoms with Crippen molar-refractivity contribution in [2.45, 2.75) is 13.3 Å². The minimum absolute atomic E-state index is 0.495. The second kappa shape index (κ2) is 10.1. The number of terminal acetylenes is 1. The first kappa shape index (κ1) is 21.6. The highest BCUT2D eigenvalue weighted by Gasteiger charge is 2.19. The smallest absolute Gasteiger partial charge is 0.230 e. The lowest BCUT2D eigenvalue weighted by Gasteiger charge is -2.36. The molecule has 0 bridgehead atoms. The minimum Gasteiger partial charge on any atom is -0.496 e. The standard InChI is InChI=1S/C25H28N6O/c1-4-5-11-30-12-14-31(15-13-30)21-9-10-22(23(17-21)32-3)24-26-18-27-25(29-24)28-20-8-6-7-19(2)16-20/h1,6-10,16-18H,5,11-15H2,2-3H3,(H,26,27,28,29). The van der Waals surface area contributed by atoms with Gasteiger partial charge in [-0.2, -0.15) is 4.98 Å². The Morgan fingerprint density at radius 3 is 2.69 bits per heavy atom. The normalized spacial score (nSPS) is 14.1. The van der Waals surface area contributed by atoms with E-state index in [2.05, 4.69) is 48.1 Å². The molecule has 32 heavy (non-hydrogen) atoms. The third-order valence-corrected chi connectivity index (χ3v) is 5.58. The second-order valence-electron chi connectivity index (χ2n) is 7.79. The number of rotatable bonds is 7. The zero-order valence-electron chi connectivity index (χ0n) is 18.6. The van der Waals surface area contributed by atoms with Crippen molar-refractivity contribution in [2.75, 3.05) is 50.1 Å².